The summed E-state index contributed by atoms with van der Waals surface area (Å²) >= 11 is 0. The predicted molar refractivity (Wildman–Crippen MR) is 72.3 cm³/mol. The largest absolute Gasteiger partial charge is 0.354 e. The van der Waals surface area contributed by atoms with Crippen LogP contribution in [-0.2, 0) is 6.54 Å². The van der Waals surface area contributed by atoms with E-state index in [0.29, 0.717) is 6.04 Å². The predicted octanol–water partition coefficient (Wildman–Crippen LogP) is 2.57. The first-order valence-corrected chi connectivity index (χ1v) is 6.71. The lowest BCUT2D eigenvalue weighted by molar-refractivity contribution is 0.612. The molecule has 1 aromatic rings. The van der Waals surface area contributed by atoms with Crippen molar-refractivity contribution in [3.05, 3.63) is 23.9 Å². The SMILES string of the molecule is CCN(c1cc(CNC)ccn1)C1CCCC1. The maximum atomic E-state index is 4.54. The fourth-order valence-corrected chi connectivity index (χ4v) is 2.75. The van der Waals surface area contributed by atoms with E-state index in [-0.39, 0.29) is 0 Å². The summed E-state index contributed by atoms with van der Waals surface area (Å²) in [6, 6.07) is 5.01. The number of rotatable bonds is 5. The van der Waals surface area contributed by atoms with Crippen molar-refractivity contribution in [3.63, 3.8) is 0 Å². The molecule has 1 heterocycles. The number of pyridine rings is 1. The topological polar surface area (TPSA) is 28.2 Å². The second-order valence-corrected chi connectivity index (χ2v) is 4.78. The fourth-order valence-electron chi connectivity index (χ4n) is 2.75. The van der Waals surface area contributed by atoms with Crippen LogP contribution in [0.3, 0.4) is 0 Å². The molecule has 1 aliphatic rings. The number of nitrogens with one attached hydrogen (secondary N) is 1. The summed E-state index contributed by atoms with van der Waals surface area (Å²) in [7, 11) is 1.98. The highest BCUT2D eigenvalue weighted by Gasteiger charge is 2.22. The molecule has 1 aromatic heterocycles. The standard InChI is InChI=1S/C14H23N3/c1-3-17(13-6-4-5-7-13)14-10-12(11-15-2)8-9-16-14/h8-10,13,15H,3-7,11H2,1-2H3. The number of anilines is 1. The lowest BCUT2D eigenvalue weighted by Crippen LogP contribution is -2.33. The maximum absolute atomic E-state index is 4.54. The van der Waals surface area contributed by atoms with E-state index in [1.54, 1.807) is 0 Å². The summed E-state index contributed by atoms with van der Waals surface area (Å²) in [5, 5.41) is 3.19. The molecule has 0 saturated heterocycles. The molecule has 3 heteroatoms. The lowest BCUT2D eigenvalue weighted by atomic mass is 10.2. The molecule has 3 nitrogen and oxygen atoms in total. The molecule has 0 aliphatic heterocycles. The van der Waals surface area contributed by atoms with E-state index in [1.165, 1.54) is 31.2 Å². The zero-order valence-electron chi connectivity index (χ0n) is 10.9. The molecule has 0 amide bonds. The normalized spacial score (nSPS) is 16.4. The van der Waals surface area contributed by atoms with Gasteiger partial charge in [-0.05, 0) is 44.5 Å². The quantitative estimate of drug-likeness (QED) is 0.847. The average Bonchev–Trinajstić information content (AvgIpc) is 2.85. The van der Waals surface area contributed by atoms with Gasteiger partial charge >= 0.3 is 0 Å². The first-order valence-electron chi connectivity index (χ1n) is 6.71. The van der Waals surface area contributed by atoms with Crippen LogP contribution in [0.15, 0.2) is 18.3 Å². The highest BCUT2D eigenvalue weighted by atomic mass is 15.2. The number of hydrogen-bond acceptors (Lipinski definition) is 3. The van der Waals surface area contributed by atoms with Gasteiger partial charge in [0.1, 0.15) is 5.82 Å². The van der Waals surface area contributed by atoms with Crippen LogP contribution in [0.25, 0.3) is 0 Å². The number of hydrogen-bond donors (Lipinski definition) is 1. The summed E-state index contributed by atoms with van der Waals surface area (Å²) in [6.45, 7) is 4.20. The molecule has 0 unspecified atom stereocenters. The van der Waals surface area contributed by atoms with Crippen LogP contribution in [0, 0.1) is 0 Å². The summed E-state index contributed by atoms with van der Waals surface area (Å²) in [6.07, 6.45) is 7.33. The first-order chi connectivity index (χ1) is 8.35. The van der Waals surface area contributed by atoms with Gasteiger partial charge in [-0.3, -0.25) is 0 Å². The molecular weight excluding hydrogens is 210 g/mol. The van der Waals surface area contributed by atoms with Gasteiger partial charge < -0.3 is 10.2 Å². The Hall–Kier alpha value is -1.09. The van der Waals surface area contributed by atoms with Crippen LogP contribution in [0.4, 0.5) is 5.82 Å². The molecular formula is C14H23N3. The Bertz CT molecular complexity index is 345. The molecule has 0 bridgehead atoms. The molecule has 0 spiro atoms. The fraction of sp³-hybridized carbons (Fsp3) is 0.643. The van der Waals surface area contributed by atoms with E-state index >= 15 is 0 Å². The van der Waals surface area contributed by atoms with Gasteiger partial charge in [-0.25, -0.2) is 4.98 Å². The van der Waals surface area contributed by atoms with Crippen molar-refractivity contribution in [1.82, 2.24) is 10.3 Å². The molecule has 0 aromatic carbocycles. The minimum Gasteiger partial charge on any atom is -0.354 e. The molecule has 1 fully saturated rings. The van der Waals surface area contributed by atoms with Gasteiger partial charge in [0.2, 0.25) is 0 Å². The van der Waals surface area contributed by atoms with Gasteiger partial charge in [-0.1, -0.05) is 12.8 Å². The van der Waals surface area contributed by atoms with E-state index in [4.69, 9.17) is 0 Å². The highest BCUT2D eigenvalue weighted by molar-refractivity contribution is 5.42. The maximum Gasteiger partial charge on any atom is 0.129 e. The van der Waals surface area contributed by atoms with Gasteiger partial charge in [-0.2, -0.15) is 0 Å². The third-order valence-electron chi connectivity index (χ3n) is 3.59. The van der Waals surface area contributed by atoms with Crippen LogP contribution < -0.4 is 10.2 Å². The number of aromatic nitrogens is 1. The Morgan fingerprint density at radius 1 is 1.41 bits per heavy atom. The molecule has 94 valence electrons. The second kappa shape index (κ2) is 6.01. The van der Waals surface area contributed by atoms with E-state index in [1.807, 2.05) is 13.2 Å². The molecule has 17 heavy (non-hydrogen) atoms. The van der Waals surface area contributed by atoms with Crippen molar-refractivity contribution < 1.29 is 0 Å². The molecule has 1 saturated carbocycles. The summed E-state index contributed by atoms with van der Waals surface area (Å²) in [5.41, 5.74) is 1.31. The summed E-state index contributed by atoms with van der Waals surface area (Å²) < 4.78 is 0. The first kappa shape index (κ1) is 12.4. The minimum absolute atomic E-state index is 0.706. The van der Waals surface area contributed by atoms with Crippen LogP contribution in [0.5, 0.6) is 0 Å². The van der Waals surface area contributed by atoms with E-state index < -0.39 is 0 Å². The van der Waals surface area contributed by atoms with Crippen LogP contribution in [-0.4, -0.2) is 24.6 Å². The Morgan fingerprint density at radius 3 is 2.82 bits per heavy atom. The zero-order valence-corrected chi connectivity index (χ0v) is 10.9. The Balaban J connectivity index is 2.14. The van der Waals surface area contributed by atoms with Crippen LogP contribution in [0.2, 0.25) is 0 Å². The third kappa shape index (κ3) is 2.97. The Kier molecular flexibility index (Phi) is 4.37. The molecule has 0 atom stereocenters. The van der Waals surface area contributed by atoms with Crippen molar-refractivity contribution >= 4 is 5.82 Å². The smallest absolute Gasteiger partial charge is 0.129 e. The zero-order chi connectivity index (χ0) is 12.1. The Labute approximate surface area is 104 Å². The van der Waals surface area contributed by atoms with Crippen LogP contribution in [0.1, 0.15) is 38.2 Å². The molecule has 1 N–H and O–H groups in total. The average molecular weight is 233 g/mol. The van der Waals surface area contributed by atoms with Crippen molar-refractivity contribution in [3.8, 4) is 0 Å². The van der Waals surface area contributed by atoms with Crippen molar-refractivity contribution in [2.75, 3.05) is 18.5 Å². The summed E-state index contributed by atoms with van der Waals surface area (Å²) in [5.74, 6) is 1.15. The van der Waals surface area contributed by atoms with Crippen LogP contribution >= 0.6 is 0 Å². The van der Waals surface area contributed by atoms with Gasteiger partial charge in [0.25, 0.3) is 0 Å². The lowest BCUT2D eigenvalue weighted by Gasteiger charge is -2.29. The van der Waals surface area contributed by atoms with Gasteiger partial charge in [0, 0.05) is 25.3 Å². The van der Waals surface area contributed by atoms with Crippen molar-refractivity contribution in [1.29, 1.82) is 0 Å². The Morgan fingerprint density at radius 2 is 2.18 bits per heavy atom. The van der Waals surface area contributed by atoms with Gasteiger partial charge in [0.05, 0.1) is 0 Å². The van der Waals surface area contributed by atoms with E-state index in [9.17, 15) is 0 Å². The molecule has 1 aliphatic carbocycles. The summed E-state index contributed by atoms with van der Waals surface area (Å²) in [4.78, 5) is 7.00. The van der Waals surface area contributed by atoms with Crippen molar-refractivity contribution in [2.24, 2.45) is 0 Å². The molecule has 2 rings (SSSR count). The minimum atomic E-state index is 0.706. The second-order valence-electron chi connectivity index (χ2n) is 4.78. The van der Waals surface area contributed by atoms with Gasteiger partial charge in [-0.15, -0.1) is 0 Å². The molecule has 0 radical (unpaired) electrons. The van der Waals surface area contributed by atoms with Crippen molar-refractivity contribution in [2.45, 2.75) is 45.2 Å². The third-order valence-corrected chi connectivity index (χ3v) is 3.59. The number of nitrogens with zero attached hydrogens (tertiary/aromatic N) is 2. The van der Waals surface area contributed by atoms with Gasteiger partial charge in [0.15, 0.2) is 0 Å². The monoisotopic (exact) mass is 233 g/mol. The van der Waals surface area contributed by atoms with E-state index in [2.05, 4.69) is 34.3 Å². The van der Waals surface area contributed by atoms with E-state index in [0.717, 1.165) is 18.9 Å². The highest BCUT2D eigenvalue weighted by Crippen LogP contribution is 2.27.